The van der Waals surface area contributed by atoms with Gasteiger partial charge in [0.05, 0.1) is 12.2 Å². The third-order valence-electron chi connectivity index (χ3n) is 7.85. The number of hydrogen-bond acceptors (Lipinski definition) is 3. The van der Waals surface area contributed by atoms with Crippen molar-refractivity contribution in [1.29, 1.82) is 0 Å². The number of nitrogens with two attached hydrogens (primary N) is 1. The predicted octanol–water partition coefficient (Wildman–Crippen LogP) is 6.85. The number of ether oxygens (including phenoxy) is 1. The lowest BCUT2D eigenvalue weighted by Crippen LogP contribution is -2.46. The van der Waals surface area contributed by atoms with Crippen molar-refractivity contribution in [1.82, 2.24) is 0 Å². The number of rotatable bonds is 5. The molecule has 3 aromatic carbocycles. The smallest absolute Gasteiger partial charge is 0.248 e. The van der Waals surface area contributed by atoms with E-state index in [-0.39, 0.29) is 12.0 Å². The number of carbonyl (C=O) groups is 1. The lowest BCUT2D eigenvalue weighted by Gasteiger charge is -2.35. The largest absolute Gasteiger partial charge is 0.487 e. The molecule has 182 valence electrons. The molecule has 2 N–H and O–H groups in total. The molecule has 2 atom stereocenters. The zero-order valence-corrected chi connectivity index (χ0v) is 20.8. The lowest BCUT2D eigenvalue weighted by molar-refractivity contribution is -0.120. The highest BCUT2D eigenvalue weighted by molar-refractivity contribution is 5.99. The molecule has 1 amide bonds. The topological polar surface area (TPSA) is 55.6 Å². The van der Waals surface area contributed by atoms with Crippen LogP contribution in [-0.4, -0.2) is 18.6 Å². The van der Waals surface area contributed by atoms with Gasteiger partial charge in [-0.15, -0.1) is 0 Å². The highest BCUT2D eigenvalue weighted by Gasteiger charge is 2.31. The zero-order valence-electron chi connectivity index (χ0n) is 20.8. The molecule has 3 aromatic rings. The van der Waals surface area contributed by atoms with Crippen molar-refractivity contribution in [2.45, 2.75) is 64.0 Å². The van der Waals surface area contributed by atoms with Crippen LogP contribution in [-0.2, 0) is 4.79 Å². The molecular formula is C31H36N2O2. The maximum atomic E-state index is 13.3. The molecule has 1 unspecified atom stereocenters. The summed E-state index contributed by atoms with van der Waals surface area (Å²) in [6.45, 7) is 4.79. The van der Waals surface area contributed by atoms with Crippen LogP contribution in [0.1, 0.15) is 69.0 Å². The molecule has 1 saturated carbocycles. The van der Waals surface area contributed by atoms with Crippen molar-refractivity contribution in [3.05, 3.63) is 83.9 Å². The Hall–Kier alpha value is -3.11. The molecule has 0 spiro atoms. The second-order valence-corrected chi connectivity index (χ2v) is 10.2. The van der Waals surface area contributed by atoms with Gasteiger partial charge in [-0.05, 0) is 78.8 Å². The van der Waals surface area contributed by atoms with Crippen LogP contribution < -0.4 is 15.4 Å². The summed E-state index contributed by atoms with van der Waals surface area (Å²) in [6.07, 6.45) is 6.52. The van der Waals surface area contributed by atoms with Crippen LogP contribution in [0.4, 0.5) is 5.69 Å². The average molecular weight is 469 g/mol. The fraction of sp³-hybridized carbons (Fsp3) is 0.387. The molecule has 1 fully saturated rings. The molecule has 1 aliphatic heterocycles. The highest BCUT2D eigenvalue weighted by Crippen LogP contribution is 2.40. The third-order valence-corrected chi connectivity index (χ3v) is 7.85. The number of anilines is 1. The number of carbonyl (C=O) groups excluding carboxylic acids is 1. The first-order chi connectivity index (χ1) is 17.0. The van der Waals surface area contributed by atoms with Crippen molar-refractivity contribution in [2.24, 2.45) is 11.7 Å². The summed E-state index contributed by atoms with van der Waals surface area (Å²) in [5.74, 6) is 2.23. The zero-order chi connectivity index (χ0) is 24.4. The molecular weight excluding hydrogens is 432 g/mol. The molecule has 4 heteroatoms. The summed E-state index contributed by atoms with van der Waals surface area (Å²) in [4.78, 5) is 15.1. The Morgan fingerprint density at radius 3 is 2.34 bits per heavy atom. The lowest BCUT2D eigenvalue weighted by atomic mass is 9.77. The Labute approximate surface area is 209 Å². The van der Waals surface area contributed by atoms with Gasteiger partial charge in [-0.3, -0.25) is 4.79 Å². The van der Waals surface area contributed by atoms with Crippen LogP contribution in [0.2, 0.25) is 0 Å². The fourth-order valence-corrected chi connectivity index (χ4v) is 5.65. The van der Waals surface area contributed by atoms with Crippen LogP contribution in [0.5, 0.6) is 5.75 Å². The van der Waals surface area contributed by atoms with Crippen molar-refractivity contribution >= 4 is 11.6 Å². The van der Waals surface area contributed by atoms with E-state index in [1.807, 2.05) is 43.3 Å². The summed E-state index contributed by atoms with van der Waals surface area (Å²) in [5, 5.41) is 0. The predicted molar refractivity (Wildman–Crippen MR) is 143 cm³/mol. The normalized spacial score (nSPS) is 22.7. The number of benzene rings is 3. The van der Waals surface area contributed by atoms with Gasteiger partial charge in [0, 0.05) is 0 Å². The van der Waals surface area contributed by atoms with Gasteiger partial charge in [0.25, 0.3) is 0 Å². The van der Waals surface area contributed by atoms with Gasteiger partial charge < -0.3 is 15.4 Å². The van der Waals surface area contributed by atoms with Gasteiger partial charge in [0.15, 0.2) is 0 Å². The quantitative estimate of drug-likeness (QED) is 0.445. The average Bonchev–Trinajstić information content (AvgIpc) is 2.92. The van der Waals surface area contributed by atoms with Gasteiger partial charge in [-0.1, -0.05) is 74.0 Å². The minimum Gasteiger partial charge on any atom is -0.487 e. The number of fused-ring (bicyclic) bond motifs is 1. The first-order valence-corrected chi connectivity index (χ1v) is 13.1. The Morgan fingerprint density at radius 1 is 0.971 bits per heavy atom. The van der Waals surface area contributed by atoms with Crippen LogP contribution in [0.25, 0.3) is 11.1 Å². The van der Waals surface area contributed by atoms with Gasteiger partial charge in [-0.2, -0.15) is 0 Å². The minimum atomic E-state index is -0.700. The highest BCUT2D eigenvalue weighted by atomic mass is 16.5. The van der Waals surface area contributed by atoms with E-state index in [2.05, 4.69) is 43.3 Å². The molecule has 1 heterocycles. The first kappa shape index (κ1) is 23.6. The van der Waals surface area contributed by atoms with Crippen LogP contribution in [0, 0.1) is 5.92 Å². The molecule has 4 nitrogen and oxygen atoms in total. The molecule has 35 heavy (non-hydrogen) atoms. The maximum absolute atomic E-state index is 13.3. The summed E-state index contributed by atoms with van der Waals surface area (Å²) in [6, 6.07) is 24.0. The standard InChI is InChI=1S/C31H36N2O2/c1-3-22-9-11-23(12-10-22)24-13-15-25(16-14-24)27-17-18-28-29(19-27)35-21(2)20-33(28)31(34)30(32)26-7-5-4-6-8-26/h4-8,13-19,21-23,30H,3,9-12,20,32H2,1-2H3/t21?,22?,23?,30-/m1/s1. The second-order valence-electron chi connectivity index (χ2n) is 10.2. The number of nitrogens with zero attached hydrogens (tertiary/aromatic N) is 1. The molecule has 5 rings (SSSR count). The van der Waals surface area contributed by atoms with Crippen molar-refractivity contribution in [2.75, 3.05) is 11.4 Å². The molecule has 2 aliphatic rings. The summed E-state index contributed by atoms with van der Waals surface area (Å²) in [5.41, 5.74) is 11.7. The molecule has 1 aliphatic carbocycles. The first-order valence-electron chi connectivity index (χ1n) is 13.1. The van der Waals surface area contributed by atoms with Crippen LogP contribution >= 0.6 is 0 Å². The van der Waals surface area contributed by atoms with E-state index in [4.69, 9.17) is 10.5 Å². The summed E-state index contributed by atoms with van der Waals surface area (Å²) in [7, 11) is 0. The number of hydrogen-bond donors (Lipinski definition) is 1. The Bertz CT molecular complexity index is 1150. The van der Waals surface area contributed by atoms with Gasteiger partial charge in [-0.25, -0.2) is 0 Å². The van der Waals surface area contributed by atoms with Gasteiger partial charge in [0.1, 0.15) is 17.9 Å². The minimum absolute atomic E-state index is 0.106. The molecule has 0 saturated heterocycles. The Kier molecular flexibility index (Phi) is 6.92. The van der Waals surface area contributed by atoms with E-state index in [9.17, 15) is 4.79 Å². The SMILES string of the molecule is CCC1CCC(c2ccc(-c3ccc4c(c3)OC(C)CN4C(=O)[C@H](N)c3ccccc3)cc2)CC1. The van der Waals surface area contributed by atoms with E-state index in [0.29, 0.717) is 12.5 Å². The second kappa shape index (κ2) is 10.2. The van der Waals surface area contributed by atoms with Crippen molar-refractivity contribution < 1.29 is 9.53 Å². The van der Waals surface area contributed by atoms with E-state index in [1.165, 1.54) is 43.2 Å². The fourth-order valence-electron chi connectivity index (χ4n) is 5.65. The molecule has 0 aromatic heterocycles. The molecule has 0 bridgehead atoms. The summed E-state index contributed by atoms with van der Waals surface area (Å²) >= 11 is 0. The third kappa shape index (κ3) is 4.99. The van der Waals surface area contributed by atoms with Crippen LogP contribution in [0.3, 0.4) is 0 Å². The Morgan fingerprint density at radius 2 is 1.66 bits per heavy atom. The van der Waals surface area contributed by atoms with Crippen molar-refractivity contribution in [3.63, 3.8) is 0 Å². The van der Waals surface area contributed by atoms with Gasteiger partial charge >= 0.3 is 0 Å². The van der Waals surface area contributed by atoms with E-state index in [1.54, 1.807) is 4.90 Å². The van der Waals surface area contributed by atoms with E-state index >= 15 is 0 Å². The maximum Gasteiger partial charge on any atom is 0.248 e. The Balaban J connectivity index is 1.35. The summed E-state index contributed by atoms with van der Waals surface area (Å²) < 4.78 is 6.16. The van der Waals surface area contributed by atoms with E-state index in [0.717, 1.165) is 28.5 Å². The number of amides is 1. The van der Waals surface area contributed by atoms with Crippen molar-refractivity contribution in [3.8, 4) is 16.9 Å². The van der Waals surface area contributed by atoms with Gasteiger partial charge in [0.2, 0.25) is 5.91 Å². The van der Waals surface area contributed by atoms with E-state index < -0.39 is 6.04 Å². The monoisotopic (exact) mass is 468 g/mol. The molecule has 0 radical (unpaired) electrons. The van der Waals surface area contributed by atoms with Crippen LogP contribution in [0.15, 0.2) is 72.8 Å².